The molecule has 1 aliphatic rings. The standard InChI is InChI=1S/C17H20N4O2/c1-20-11-13(7-8-16(20)22)17(23)19-14-5-4-10-21(12-14)15-6-2-3-9-18-15/h2-3,6-9,11,14H,4-5,10,12H2,1H3,(H,19,23)/t14-/m1/s1. The van der Waals surface area contributed by atoms with Gasteiger partial charge in [-0.1, -0.05) is 6.07 Å². The third kappa shape index (κ3) is 3.59. The number of nitrogens with zero attached hydrogens (tertiary/aromatic N) is 3. The maximum Gasteiger partial charge on any atom is 0.253 e. The number of hydrogen-bond acceptors (Lipinski definition) is 4. The summed E-state index contributed by atoms with van der Waals surface area (Å²) >= 11 is 0. The number of aryl methyl sites for hydroxylation is 1. The first kappa shape index (κ1) is 15.3. The number of amides is 1. The number of anilines is 1. The fraction of sp³-hybridized carbons (Fsp3) is 0.353. The molecule has 6 heteroatoms. The molecule has 0 aromatic carbocycles. The lowest BCUT2D eigenvalue weighted by atomic mass is 10.1. The molecule has 23 heavy (non-hydrogen) atoms. The van der Waals surface area contributed by atoms with Gasteiger partial charge in [-0.3, -0.25) is 9.59 Å². The number of nitrogens with one attached hydrogen (secondary N) is 1. The lowest BCUT2D eigenvalue weighted by Gasteiger charge is -2.34. The lowest BCUT2D eigenvalue weighted by molar-refractivity contribution is 0.0932. The molecule has 1 saturated heterocycles. The number of rotatable bonds is 3. The van der Waals surface area contributed by atoms with E-state index < -0.39 is 0 Å². The lowest BCUT2D eigenvalue weighted by Crippen LogP contribution is -2.48. The van der Waals surface area contributed by atoms with Crippen molar-refractivity contribution >= 4 is 11.7 Å². The number of aromatic nitrogens is 2. The normalized spacial score (nSPS) is 17.8. The van der Waals surface area contributed by atoms with E-state index in [2.05, 4.69) is 15.2 Å². The summed E-state index contributed by atoms with van der Waals surface area (Å²) in [5.74, 6) is 0.794. The average molecular weight is 312 g/mol. The van der Waals surface area contributed by atoms with Crippen molar-refractivity contribution in [2.45, 2.75) is 18.9 Å². The van der Waals surface area contributed by atoms with Crippen LogP contribution in [-0.4, -0.2) is 34.6 Å². The van der Waals surface area contributed by atoms with Gasteiger partial charge >= 0.3 is 0 Å². The summed E-state index contributed by atoms with van der Waals surface area (Å²) in [6, 6.07) is 8.90. The van der Waals surface area contributed by atoms with Crippen molar-refractivity contribution in [3.05, 3.63) is 58.6 Å². The predicted molar refractivity (Wildman–Crippen MR) is 88.6 cm³/mol. The average Bonchev–Trinajstić information content (AvgIpc) is 2.58. The largest absolute Gasteiger partial charge is 0.355 e. The van der Waals surface area contributed by atoms with Crippen molar-refractivity contribution < 1.29 is 4.79 Å². The smallest absolute Gasteiger partial charge is 0.253 e. The minimum Gasteiger partial charge on any atom is -0.355 e. The minimum atomic E-state index is -0.145. The Hall–Kier alpha value is -2.63. The molecule has 6 nitrogen and oxygen atoms in total. The Bertz CT molecular complexity index is 742. The zero-order valence-corrected chi connectivity index (χ0v) is 13.1. The maximum atomic E-state index is 12.4. The van der Waals surface area contributed by atoms with Crippen LogP contribution in [-0.2, 0) is 7.05 Å². The number of hydrogen-bond donors (Lipinski definition) is 1. The van der Waals surface area contributed by atoms with Gasteiger partial charge in [0.05, 0.1) is 5.56 Å². The summed E-state index contributed by atoms with van der Waals surface area (Å²) in [5, 5.41) is 3.06. The fourth-order valence-corrected chi connectivity index (χ4v) is 2.84. The summed E-state index contributed by atoms with van der Waals surface area (Å²) in [7, 11) is 1.64. The highest BCUT2D eigenvalue weighted by Gasteiger charge is 2.22. The van der Waals surface area contributed by atoms with Crippen molar-refractivity contribution in [2.75, 3.05) is 18.0 Å². The van der Waals surface area contributed by atoms with Crippen molar-refractivity contribution in [2.24, 2.45) is 7.05 Å². The van der Waals surface area contributed by atoms with Crippen LogP contribution in [0.15, 0.2) is 47.5 Å². The minimum absolute atomic E-state index is 0.0792. The first-order chi connectivity index (χ1) is 11.1. The molecule has 0 aliphatic carbocycles. The highest BCUT2D eigenvalue weighted by atomic mass is 16.2. The van der Waals surface area contributed by atoms with E-state index in [1.54, 1.807) is 25.5 Å². The monoisotopic (exact) mass is 312 g/mol. The van der Waals surface area contributed by atoms with E-state index in [-0.39, 0.29) is 17.5 Å². The zero-order chi connectivity index (χ0) is 16.2. The van der Waals surface area contributed by atoms with Crippen molar-refractivity contribution in [1.29, 1.82) is 0 Å². The van der Waals surface area contributed by atoms with E-state index >= 15 is 0 Å². The molecule has 1 aliphatic heterocycles. The van der Waals surface area contributed by atoms with Crippen LogP contribution in [0.25, 0.3) is 0 Å². The van der Waals surface area contributed by atoms with Crippen molar-refractivity contribution in [3.8, 4) is 0 Å². The molecule has 0 bridgehead atoms. The van der Waals surface area contributed by atoms with E-state index in [0.717, 1.165) is 31.7 Å². The molecule has 120 valence electrons. The molecule has 0 saturated carbocycles. The molecule has 1 N–H and O–H groups in total. The highest BCUT2D eigenvalue weighted by molar-refractivity contribution is 5.94. The second kappa shape index (κ2) is 6.64. The van der Waals surface area contributed by atoms with Gasteiger partial charge in [-0.2, -0.15) is 0 Å². The summed E-state index contributed by atoms with van der Waals surface area (Å²) in [6.45, 7) is 1.69. The molecule has 1 atom stereocenters. The highest BCUT2D eigenvalue weighted by Crippen LogP contribution is 2.17. The summed E-state index contributed by atoms with van der Waals surface area (Å²) < 4.78 is 1.41. The third-order valence-electron chi connectivity index (χ3n) is 4.08. The Kier molecular flexibility index (Phi) is 4.41. The molecule has 3 heterocycles. The van der Waals surface area contributed by atoms with Gasteiger partial charge in [-0.15, -0.1) is 0 Å². The SMILES string of the molecule is Cn1cc(C(=O)N[C@@H]2CCCN(c3ccccn3)C2)ccc1=O. The molecule has 2 aromatic rings. The second-order valence-electron chi connectivity index (χ2n) is 5.81. The quantitative estimate of drug-likeness (QED) is 0.924. The topological polar surface area (TPSA) is 67.2 Å². The van der Waals surface area contributed by atoms with E-state index in [1.165, 1.54) is 10.6 Å². The third-order valence-corrected chi connectivity index (χ3v) is 4.08. The molecule has 0 radical (unpaired) electrons. The van der Waals surface area contributed by atoms with Crippen LogP contribution >= 0.6 is 0 Å². The van der Waals surface area contributed by atoms with Gasteiger partial charge in [0.25, 0.3) is 5.91 Å². The summed E-state index contributed by atoms with van der Waals surface area (Å²) in [4.78, 5) is 30.3. The molecule has 2 aromatic heterocycles. The molecular formula is C17H20N4O2. The van der Waals surface area contributed by atoms with Crippen LogP contribution in [0.3, 0.4) is 0 Å². The zero-order valence-electron chi connectivity index (χ0n) is 13.1. The molecule has 1 fully saturated rings. The van der Waals surface area contributed by atoms with Gasteiger partial charge < -0.3 is 14.8 Å². The van der Waals surface area contributed by atoms with Crippen LogP contribution in [0, 0.1) is 0 Å². The van der Waals surface area contributed by atoms with Crippen LogP contribution < -0.4 is 15.8 Å². The maximum absolute atomic E-state index is 12.4. The van der Waals surface area contributed by atoms with Gasteiger partial charge in [-0.05, 0) is 31.0 Å². The van der Waals surface area contributed by atoms with Crippen molar-refractivity contribution in [3.63, 3.8) is 0 Å². The molecule has 0 spiro atoms. The van der Waals surface area contributed by atoms with Crippen LogP contribution in [0.1, 0.15) is 23.2 Å². The Labute approximate surface area is 134 Å². The first-order valence-corrected chi connectivity index (χ1v) is 7.77. The summed E-state index contributed by atoms with van der Waals surface area (Å²) in [6.07, 6.45) is 5.30. The van der Waals surface area contributed by atoms with Crippen LogP contribution in [0.5, 0.6) is 0 Å². The number of pyridine rings is 2. The van der Waals surface area contributed by atoms with Crippen LogP contribution in [0.4, 0.5) is 5.82 Å². The molecule has 0 unspecified atom stereocenters. The van der Waals surface area contributed by atoms with Gasteiger partial charge in [0.15, 0.2) is 0 Å². The molecular weight excluding hydrogens is 292 g/mol. The van der Waals surface area contributed by atoms with Gasteiger partial charge in [0, 0.05) is 44.6 Å². The molecule has 1 amide bonds. The molecule has 3 rings (SSSR count). The van der Waals surface area contributed by atoms with Gasteiger partial charge in [-0.25, -0.2) is 4.98 Å². The van der Waals surface area contributed by atoms with Gasteiger partial charge in [0.2, 0.25) is 5.56 Å². The Morgan fingerprint density at radius 3 is 2.91 bits per heavy atom. The van der Waals surface area contributed by atoms with Gasteiger partial charge in [0.1, 0.15) is 5.82 Å². The van der Waals surface area contributed by atoms with E-state index in [4.69, 9.17) is 0 Å². The van der Waals surface area contributed by atoms with E-state index in [9.17, 15) is 9.59 Å². The second-order valence-corrected chi connectivity index (χ2v) is 5.81. The number of carbonyl (C=O) groups is 1. The predicted octanol–water partition coefficient (Wildman–Crippen LogP) is 1.18. The van der Waals surface area contributed by atoms with E-state index in [0.29, 0.717) is 5.56 Å². The van der Waals surface area contributed by atoms with E-state index in [1.807, 2.05) is 18.2 Å². The van der Waals surface area contributed by atoms with Crippen molar-refractivity contribution in [1.82, 2.24) is 14.9 Å². The fourth-order valence-electron chi connectivity index (χ4n) is 2.84. The Balaban J connectivity index is 1.66. The summed E-state index contributed by atoms with van der Waals surface area (Å²) in [5.41, 5.74) is 0.377. The first-order valence-electron chi connectivity index (χ1n) is 7.77. The number of carbonyl (C=O) groups excluding carboxylic acids is 1. The van der Waals surface area contributed by atoms with Crippen LogP contribution in [0.2, 0.25) is 0 Å². The number of piperidine rings is 1. The Morgan fingerprint density at radius 2 is 2.17 bits per heavy atom. The Morgan fingerprint density at radius 1 is 1.30 bits per heavy atom.